The largest absolute Gasteiger partial charge is 0.495 e. The van der Waals surface area contributed by atoms with Crippen LogP contribution in [0, 0.1) is 0 Å². The second kappa shape index (κ2) is 6.89. The van der Waals surface area contributed by atoms with Crippen molar-refractivity contribution in [2.45, 2.75) is 44.9 Å². The number of fused-ring (bicyclic) bond motifs is 1. The number of esters is 1. The van der Waals surface area contributed by atoms with Crippen LogP contribution in [0.2, 0.25) is 0 Å². The van der Waals surface area contributed by atoms with Gasteiger partial charge >= 0.3 is 5.97 Å². The first kappa shape index (κ1) is 19.8. The summed E-state index contributed by atoms with van der Waals surface area (Å²) >= 11 is 0. The molecule has 148 valence electrons. The summed E-state index contributed by atoms with van der Waals surface area (Å²) in [6, 6.07) is 4.67. The first-order chi connectivity index (χ1) is 13.1. The average Bonchev–Trinajstić information content (AvgIpc) is 2.85. The number of nitrogens with one attached hydrogen (secondary N) is 1. The molecular weight excluding hydrogens is 358 g/mol. The molecule has 3 rings (SSSR count). The molecule has 0 unspecified atom stereocenters. The van der Waals surface area contributed by atoms with E-state index in [0.717, 1.165) is 17.8 Å². The predicted molar refractivity (Wildman–Crippen MR) is 105 cm³/mol. The highest BCUT2D eigenvalue weighted by Crippen LogP contribution is 2.47. The molecule has 28 heavy (non-hydrogen) atoms. The highest BCUT2D eigenvalue weighted by molar-refractivity contribution is 6.04. The van der Waals surface area contributed by atoms with Crippen LogP contribution in [0.25, 0.3) is 0 Å². The Kier molecular flexibility index (Phi) is 4.87. The molecule has 1 N–H and O–H groups in total. The van der Waals surface area contributed by atoms with Gasteiger partial charge in [0.2, 0.25) is 0 Å². The number of nitrogens with zero attached hydrogens (tertiary/aromatic N) is 2. The number of rotatable bonds is 4. The van der Waals surface area contributed by atoms with Gasteiger partial charge in [0.25, 0.3) is 5.91 Å². The Hall–Kier alpha value is -2.96. The molecule has 0 saturated carbocycles. The number of benzene rings is 1. The Labute approximate surface area is 164 Å². The van der Waals surface area contributed by atoms with Crippen molar-refractivity contribution in [3.8, 4) is 5.75 Å². The lowest BCUT2D eigenvalue weighted by atomic mass is 9.83. The van der Waals surface area contributed by atoms with Gasteiger partial charge in [-0.2, -0.15) is 0 Å². The molecule has 1 amide bonds. The molecule has 1 aliphatic carbocycles. The van der Waals surface area contributed by atoms with Crippen LogP contribution in [-0.4, -0.2) is 36.1 Å². The van der Waals surface area contributed by atoms with Crippen molar-refractivity contribution in [2.75, 3.05) is 19.5 Å². The van der Waals surface area contributed by atoms with E-state index in [1.807, 2.05) is 0 Å². The van der Waals surface area contributed by atoms with Crippen molar-refractivity contribution < 1.29 is 19.1 Å². The van der Waals surface area contributed by atoms with Gasteiger partial charge in [0.05, 0.1) is 43.1 Å². The van der Waals surface area contributed by atoms with Crippen LogP contribution >= 0.6 is 0 Å². The van der Waals surface area contributed by atoms with Gasteiger partial charge in [0, 0.05) is 10.8 Å². The molecule has 0 saturated heterocycles. The third kappa shape index (κ3) is 3.44. The number of anilines is 1. The normalized spacial score (nSPS) is 16.2. The molecule has 0 fully saturated rings. The fourth-order valence-electron chi connectivity index (χ4n) is 3.96. The Bertz CT molecular complexity index is 951. The molecule has 0 aliphatic heterocycles. The quantitative estimate of drug-likeness (QED) is 0.813. The van der Waals surface area contributed by atoms with E-state index in [0.29, 0.717) is 17.0 Å². The summed E-state index contributed by atoms with van der Waals surface area (Å²) < 4.78 is 10.00. The van der Waals surface area contributed by atoms with E-state index in [9.17, 15) is 9.59 Å². The standard InChI is InChI=1S/C21H25N3O4/c1-20(2)11-21(3,4)17-16(20)22-10-14(23-17)18(25)24-13-8-7-12(19(26)28-6)9-15(13)27-5/h7-10H,11H2,1-6H3,(H,24,25). The Morgan fingerprint density at radius 2 is 1.75 bits per heavy atom. The van der Waals surface area contributed by atoms with Gasteiger partial charge in [0.1, 0.15) is 11.4 Å². The summed E-state index contributed by atoms with van der Waals surface area (Å²) in [5.41, 5.74) is 2.58. The summed E-state index contributed by atoms with van der Waals surface area (Å²) in [5, 5.41) is 2.78. The van der Waals surface area contributed by atoms with Crippen LogP contribution < -0.4 is 10.1 Å². The Morgan fingerprint density at radius 3 is 2.39 bits per heavy atom. The van der Waals surface area contributed by atoms with E-state index in [-0.39, 0.29) is 22.4 Å². The topological polar surface area (TPSA) is 90.4 Å². The van der Waals surface area contributed by atoms with E-state index in [2.05, 4.69) is 43.0 Å². The van der Waals surface area contributed by atoms with Gasteiger partial charge in [-0.1, -0.05) is 27.7 Å². The summed E-state index contributed by atoms with van der Waals surface area (Å²) in [7, 11) is 2.77. The third-order valence-corrected chi connectivity index (χ3v) is 5.04. The maximum atomic E-state index is 12.8. The van der Waals surface area contributed by atoms with Crippen molar-refractivity contribution in [1.82, 2.24) is 9.97 Å². The highest BCUT2D eigenvalue weighted by atomic mass is 16.5. The van der Waals surface area contributed by atoms with Gasteiger partial charge in [-0.15, -0.1) is 0 Å². The number of carbonyl (C=O) groups excluding carboxylic acids is 2. The molecular formula is C21H25N3O4. The van der Waals surface area contributed by atoms with Crippen LogP contribution in [0.3, 0.4) is 0 Å². The van der Waals surface area contributed by atoms with Gasteiger partial charge in [-0.3, -0.25) is 9.78 Å². The second-order valence-electron chi connectivity index (χ2n) is 8.26. The van der Waals surface area contributed by atoms with Gasteiger partial charge < -0.3 is 14.8 Å². The minimum atomic E-state index is -0.481. The van der Waals surface area contributed by atoms with E-state index >= 15 is 0 Å². The molecule has 1 aromatic heterocycles. The number of amides is 1. The van der Waals surface area contributed by atoms with Crippen molar-refractivity contribution in [1.29, 1.82) is 0 Å². The molecule has 7 heteroatoms. The minimum absolute atomic E-state index is 0.0756. The molecule has 0 spiro atoms. The number of hydrogen-bond donors (Lipinski definition) is 1. The zero-order chi connectivity index (χ0) is 20.7. The molecule has 0 bridgehead atoms. The summed E-state index contributed by atoms with van der Waals surface area (Å²) in [5.74, 6) is -0.516. The fraction of sp³-hybridized carbons (Fsp3) is 0.429. The van der Waals surface area contributed by atoms with Crippen LogP contribution in [-0.2, 0) is 15.6 Å². The van der Waals surface area contributed by atoms with Crippen LogP contribution in [0.1, 0.15) is 66.4 Å². The Balaban J connectivity index is 1.90. The maximum Gasteiger partial charge on any atom is 0.337 e. The first-order valence-electron chi connectivity index (χ1n) is 9.05. The minimum Gasteiger partial charge on any atom is -0.495 e. The van der Waals surface area contributed by atoms with Gasteiger partial charge in [-0.25, -0.2) is 9.78 Å². The molecule has 7 nitrogen and oxygen atoms in total. The lowest BCUT2D eigenvalue weighted by Gasteiger charge is -2.21. The van der Waals surface area contributed by atoms with Crippen molar-refractivity contribution in [2.24, 2.45) is 0 Å². The van der Waals surface area contributed by atoms with Crippen LogP contribution in [0.4, 0.5) is 5.69 Å². The monoisotopic (exact) mass is 383 g/mol. The van der Waals surface area contributed by atoms with E-state index < -0.39 is 5.97 Å². The fourth-order valence-corrected chi connectivity index (χ4v) is 3.96. The second-order valence-corrected chi connectivity index (χ2v) is 8.26. The van der Waals surface area contributed by atoms with Crippen LogP contribution in [0.5, 0.6) is 5.75 Å². The molecule has 1 aliphatic rings. The zero-order valence-corrected chi connectivity index (χ0v) is 17.0. The number of methoxy groups -OCH3 is 2. The molecule has 0 atom stereocenters. The highest BCUT2D eigenvalue weighted by Gasteiger charge is 2.44. The van der Waals surface area contributed by atoms with Gasteiger partial charge in [-0.05, 0) is 24.6 Å². The number of carbonyl (C=O) groups is 2. The first-order valence-corrected chi connectivity index (χ1v) is 9.05. The summed E-state index contributed by atoms with van der Waals surface area (Å²) in [4.78, 5) is 33.6. The van der Waals surface area contributed by atoms with E-state index in [1.54, 1.807) is 12.1 Å². The van der Waals surface area contributed by atoms with Crippen molar-refractivity contribution in [3.05, 3.63) is 47.0 Å². The van der Waals surface area contributed by atoms with Crippen molar-refractivity contribution in [3.63, 3.8) is 0 Å². The average molecular weight is 383 g/mol. The number of hydrogen-bond acceptors (Lipinski definition) is 6. The van der Waals surface area contributed by atoms with E-state index in [4.69, 9.17) is 9.47 Å². The summed E-state index contributed by atoms with van der Waals surface area (Å²) in [6.45, 7) is 8.52. The zero-order valence-electron chi connectivity index (χ0n) is 17.0. The third-order valence-electron chi connectivity index (χ3n) is 5.04. The number of aromatic nitrogens is 2. The maximum absolute atomic E-state index is 12.8. The SMILES string of the molecule is COC(=O)c1ccc(NC(=O)c2cnc3c(n2)C(C)(C)CC3(C)C)c(OC)c1. The predicted octanol–water partition coefficient (Wildman–Crippen LogP) is 3.48. The van der Waals surface area contributed by atoms with E-state index in [1.165, 1.54) is 26.5 Å². The smallest absolute Gasteiger partial charge is 0.337 e. The van der Waals surface area contributed by atoms with Crippen molar-refractivity contribution >= 4 is 17.6 Å². The molecule has 1 heterocycles. The molecule has 2 aromatic rings. The Morgan fingerprint density at radius 1 is 1.07 bits per heavy atom. The lowest BCUT2D eigenvalue weighted by molar-refractivity contribution is 0.0600. The van der Waals surface area contributed by atoms with Crippen LogP contribution in [0.15, 0.2) is 24.4 Å². The lowest BCUT2D eigenvalue weighted by Crippen LogP contribution is -2.20. The summed E-state index contributed by atoms with van der Waals surface area (Å²) in [6.07, 6.45) is 2.43. The van der Waals surface area contributed by atoms with Gasteiger partial charge in [0.15, 0.2) is 0 Å². The number of ether oxygens (including phenoxy) is 2. The molecule has 0 radical (unpaired) electrons. The molecule has 1 aromatic carbocycles.